The van der Waals surface area contributed by atoms with Gasteiger partial charge < -0.3 is 16.0 Å². The molecule has 5 heteroatoms. The number of benzene rings is 2. The van der Waals surface area contributed by atoms with E-state index in [4.69, 9.17) is 11.6 Å². The summed E-state index contributed by atoms with van der Waals surface area (Å²) in [6.45, 7) is 2.02. The maximum absolute atomic E-state index is 11.7. The molecule has 0 aliphatic heterocycles. The van der Waals surface area contributed by atoms with Crippen LogP contribution in [0.5, 0.6) is 0 Å². The maximum Gasteiger partial charge on any atom is 0.319 e. The highest BCUT2D eigenvalue weighted by Crippen LogP contribution is 2.25. The van der Waals surface area contributed by atoms with Gasteiger partial charge >= 0.3 is 6.03 Å². The van der Waals surface area contributed by atoms with Crippen LogP contribution in [0.25, 0.3) is 0 Å². The molecule has 2 aromatic rings. The summed E-state index contributed by atoms with van der Waals surface area (Å²) in [6, 6.07) is 13.5. The number of anilines is 3. The second kappa shape index (κ2) is 6.28. The van der Waals surface area contributed by atoms with Gasteiger partial charge in [-0.2, -0.15) is 0 Å². The number of aryl methyl sites for hydroxylation is 1. The Kier molecular flexibility index (Phi) is 4.20. The van der Waals surface area contributed by atoms with Gasteiger partial charge in [0.1, 0.15) is 0 Å². The minimum Gasteiger partial charge on any atom is -0.355 e. The molecule has 0 bridgehead atoms. The molecule has 114 valence electrons. The van der Waals surface area contributed by atoms with Gasteiger partial charge in [-0.05, 0) is 61.7 Å². The van der Waals surface area contributed by atoms with Crippen molar-refractivity contribution in [2.24, 2.45) is 0 Å². The fourth-order valence-corrected chi connectivity index (χ4v) is 2.27. The van der Waals surface area contributed by atoms with Crippen molar-refractivity contribution < 1.29 is 4.79 Å². The Labute approximate surface area is 134 Å². The van der Waals surface area contributed by atoms with Crippen LogP contribution in [-0.4, -0.2) is 12.1 Å². The first-order valence-electron chi connectivity index (χ1n) is 7.31. The fourth-order valence-electron chi connectivity index (χ4n) is 2.10. The summed E-state index contributed by atoms with van der Waals surface area (Å²) in [5.41, 5.74) is 3.81. The second-order valence-electron chi connectivity index (χ2n) is 5.53. The first kappa shape index (κ1) is 14.7. The third-order valence-electron chi connectivity index (χ3n) is 3.53. The highest BCUT2D eigenvalue weighted by Gasteiger charge is 2.23. The van der Waals surface area contributed by atoms with Gasteiger partial charge in [-0.25, -0.2) is 4.79 Å². The lowest BCUT2D eigenvalue weighted by molar-refractivity contribution is 0.251. The van der Waals surface area contributed by atoms with E-state index in [1.165, 1.54) is 0 Å². The molecule has 0 atom stereocenters. The Morgan fingerprint density at radius 1 is 1.09 bits per heavy atom. The quantitative estimate of drug-likeness (QED) is 0.767. The first-order chi connectivity index (χ1) is 10.6. The van der Waals surface area contributed by atoms with Gasteiger partial charge in [0.15, 0.2) is 0 Å². The Morgan fingerprint density at radius 3 is 2.45 bits per heavy atom. The lowest BCUT2D eigenvalue weighted by Crippen LogP contribution is -2.30. The molecular formula is C17H18ClN3O. The van der Waals surface area contributed by atoms with Crippen LogP contribution in [0, 0.1) is 6.92 Å². The summed E-state index contributed by atoms with van der Waals surface area (Å²) in [7, 11) is 0. The van der Waals surface area contributed by atoms with E-state index >= 15 is 0 Å². The molecule has 1 aliphatic rings. The van der Waals surface area contributed by atoms with E-state index in [9.17, 15) is 4.79 Å². The number of carbonyl (C=O) groups excluding carboxylic acids is 1. The van der Waals surface area contributed by atoms with Crippen molar-refractivity contribution in [3.8, 4) is 0 Å². The average molecular weight is 316 g/mol. The maximum atomic E-state index is 11.7. The lowest BCUT2D eigenvalue weighted by Gasteiger charge is -2.11. The number of rotatable bonds is 4. The standard InChI is InChI=1S/C17H18ClN3O/c1-11-2-3-12(18)10-16(11)19-13-4-6-14(7-5-13)20-17(22)21-15-8-9-15/h2-7,10,15,19H,8-9H2,1H3,(H2,20,21,22). The van der Waals surface area contributed by atoms with Gasteiger partial charge in [-0.1, -0.05) is 17.7 Å². The predicted octanol–water partition coefficient (Wildman–Crippen LogP) is 4.68. The highest BCUT2D eigenvalue weighted by molar-refractivity contribution is 6.30. The van der Waals surface area contributed by atoms with Gasteiger partial charge in [0.25, 0.3) is 0 Å². The summed E-state index contributed by atoms with van der Waals surface area (Å²) in [4.78, 5) is 11.7. The Hall–Kier alpha value is -2.20. The molecular weight excluding hydrogens is 298 g/mol. The van der Waals surface area contributed by atoms with Crippen molar-refractivity contribution in [2.45, 2.75) is 25.8 Å². The fraction of sp³-hybridized carbons (Fsp3) is 0.235. The smallest absolute Gasteiger partial charge is 0.319 e. The highest BCUT2D eigenvalue weighted by atomic mass is 35.5. The van der Waals surface area contributed by atoms with E-state index in [1.54, 1.807) is 0 Å². The zero-order valence-electron chi connectivity index (χ0n) is 12.3. The summed E-state index contributed by atoms with van der Waals surface area (Å²) >= 11 is 6.02. The molecule has 0 unspecified atom stereocenters. The molecule has 1 aliphatic carbocycles. The van der Waals surface area contributed by atoms with Gasteiger partial charge in [0.05, 0.1) is 0 Å². The molecule has 0 radical (unpaired) electrons. The van der Waals surface area contributed by atoms with Crippen molar-refractivity contribution >= 4 is 34.7 Å². The summed E-state index contributed by atoms with van der Waals surface area (Å²) in [5, 5.41) is 9.74. The molecule has 3 rings (SSSR count). The van der Waals surface area contributed by atoms with Gasteiger partial charge in [-0.15, -0.1) is 0 Å². The Bertz CT molecular complexity index is 681. The number of nitrogens with one attached hydrogen (secondary N) is 3. The summed E-state index contributed by atoms with van der Waals surface area (Å²) < 4.78 is 0. The van der Waals surface area contributed by atoms with Gasteiger partial charge in [0.2, 0.25) is 0 Å². The van der Waals surface area contributed by atoms with E-state index in [2.05, 4.69) is 16.0 Å². The summed E-state index contributed by atoms with van der Waals surface area (Å²) in [5.74, 6) is 0. The van der Waals surface area contributed by atoms with Crippen LogP contribution in [0.2, 0.25) is 5.02 Å². The zero-order valence-corrected chi connectivity index (χ0v) is 13.1. The molecule has 1 saturated carbocycles. The van der Waals surface area contributed by atoms with E-state index < -0.39 is 0 Å². The SMILES string of the molecule is Cc1ccc(Cl)cc1Nc1ccc(NC(=O)NC2CC2)cc1. The number of halogens is 1. The van der Waals surface area contributed by atoms with E-state index in [1.807, 2.05) is 49.4 Å². The van der Waals surface area contributed by atoms with Crippen LogP contribution in [0.1, 0.15) is 18.4 Å². The van der Waals surface area contributed by atoms with Crippen molar-refractivity contribution in [1.82, 2.24) is 5.32 Å². The van der Waals surface area contributed by atoms with Crippen LogP contribution in [0.3, 0.4) is 0 Å². The molecule has 1 fully saturated rings. The normalized spacial score (nSPS) is 13.5. The molecule has 2 aromatic carbocycles. The van der Waals surface area contributed by atoms with Crippen molar-refractivity contribution in [1.29, 1.82) is 0 Å². The molecule has 0 aromatic heterocycles. The second-order valence-corrected chi connectivity index (χ2v) is 5.97. The molecule has 0 saturated heterocycles. The minimum absolute atomic E-state index is 0.145. The molecule has 3 N–H and O–H groups in total. The lowest BCUT2D eigenvalue weighted by atomic mass is 10.2. The molecule has 22 heavy (non-hydrogen) atoms. The van der Waals surface area contributed by atoms with E-state index in [0.29, 0.717) is 11.1 Å². The van der Waals surface area contributed by atoms with Crippen LogP contribution < -0.4 is 16.0 Å². The molecule has 2 amide bonds. The summed E-state index contributed by atoms with van der Waals surface area (Å²) in [6.07, 6.45) is 2.16. The number of hydrogen-bond donors (Lipinski definition) is 3. The van der Waals surface area contributed by atoms with Crippen LogP contribution in [0.4, 0.5) is 21.9 Å². The monoisotopic (exact) mass is 315 g/mol. The third kappa shape index (κ3) is 3.92. The van der Waals surface area contributed by atoms with Crippen molar-refractivity contribution in [2.75, 3.05) is 10.6 Å². The van der Waals surface area contributed by atoms with Crippen molar-refractivity contribution in [3.05, 3.63) is 53.1 Å². The first-order valence-corrected chi connectivity index (χ1v) is 7.69. The molecule has 4 nitrogen and oxygen atoms in total. The number of carbonyl (C=O) groups is 1. The van der Waals surface area contributed by atoms with Crippen molar-refractivity contribution in [3.63, 3.8) is 0 Å². The minimum atomic E-state index is -0.145. The Balaban J connectivity index is 1.63. The predicted molar refractivity (Wildman–Crippen MR) is 91.1 cm³/mol. The third-order valence-corrected chi connectivity index (χ3v) is 3.77. The average Bonchev–Trinajstić information content (AvgIpc) is 3.29. The van der Waals surface area contributed by atoms with E-state index in [-0.39, 0.29) is 6.03 Å². The zero-order chi connectivity index (χ0) is 15.5. The van der Waals surface area contributed by atoms with Crippen LogP contribution in [0.15, 0.2) is 42.5 Å². The molecule has 0 spiro atoms. The van der Waals surface area contributed by atoms with E-state index in [0.717, 1.165) is 35.5 Å². The van der Waals surface area contributed by atoms with Crippen LogP contribution >= 0.6 is 11.6 Å². The molecule has 0 heterocycles. The topological polar surface area (TPSA) is 53.2 Å². The largest absolute Gasteiger partial charge is 0.355 e. The Morgan fingerprint density at radius 2 is 1.77 bits per heavy atom. The number of amides is 2. The number of hydrogen-bond acceptors (Lipinski definition) is 2. The number of urea groups is 1. The van der Waals surface area contributed by atoms with Crippen LogP contribution in [-0.2, 0) is 0 Å². The van der Waals surface area contributed by atoms with Gasteiger partial charge in [-0.3, -0.25) is 0 Å². The van der Waals surface area contributed by atoms with Gasteiger partial charge in [0, 0.05) is 28.1 Å².